The Balaban J connectivity index is 2.47. The first kappa shape index (κ1) is 20.5. The minimum Gasteiger partial charge on any atom is -0.444 e. The number of benzene rings is 2. The molecule has 0 amide bonds. The van der Waals surface area contributed by atoms with Crippen molar-refractivity contribution < 1.29 is 17.9 Å². The number of ether oxygens (including phenoxy) is 1. The van der Waals surface area contributed by atoms with Crippen molar-refractivity contribution in [3.05, 3.63) is 71.8 Å². The van der Waals surface area contributed by atoms with Gasteiger partial charge in [0.2, 0.25) is 0 Å². The van der Waals surface area contributed by atoms with Crippen LogP contribution in [0.3, 0.4) is 0 Å². The van der Waals surface area contributed by atoms with Crippen LogP contribution in [0, 0.1) is 11.3 Å². The summed E-state index contributed by atoms with van der Waals surface area (Å²) < 4.78 is 32.3. The third-order valence-electron chi connectivity index (χ3n) is 3.54. The van der Waals surface area contributed by atoms with E-state index in [0.717, 1.165) is 4.31 Å². The lowest BCUT2D eigenvalue weighted by atomic mass is 10.2. The zero-order valence-electron chi connectivity index (χ0n) is 14.5. The number of hydrogen-bond donors (Lipinski definition) is 0. The minimum absolute atomic E-state index is 0.00773. The van der Waals surface area contributed by atoms with Crippen LogP contribution in [0.4, 0.5) is 5.69 Å². The van der Waals surface area contributed by atoms with Crippen molar-refractivity contribution in [3.8, 4) is 6.07 Å². The molecule has 6 nitrogen and oxygen atoms in total. The second-order valence-corrected chi connectivity index (χ2v) is 7.75. The quantitative estimate of drug-likeness (QED) is 0.517. The first-order valence-corrected chi connectivity index (χ1v) is 9.72. The highest BCUT2D eigenvalue weighted by molar-refractivity contribution is 7.92. The van der Waals surface area contributed by atoms with Crippen LogP contribution in [0.1, 0.15) is 17.3 Å². The van der Waals surface area contributed by atoms with Crippen LogP contribution in [0.25, 0.3) is 0 Å². The fourth-order valence-corrected chi connectivity index (χ4v) is 4.05. The van der Waals surface area contributed by atoms with Crippen LogP contribution in [-0.2, 0) is 14.8 Å². The first-order valence-electron chi connectivity index (χ1n) is 7.90. The van der Waals surface area contributed by atoms with E-state index in [1.54, 1.807) is 30.3 Å². The SMILES string of the molecule is C=CCN(c1ccccc1Cl)S(=O)(=O)c1cccc(C(=O)OC(C)C#N)c1. The van der Waals surface area contributed by atoms with Gasteiger partial charge in [-0.1, -0.05) is 35.9 Å². The lowest BCUT2D eigenvalue weighted by Gasteiger charge is -2.24. The number of sulfonamides is 1. The number of nitrogens with zero attached hydrogens (tertiary/aromatic N) is 2. The van der Waals surface area contributed by atoms with Crippen molar-refractivity contribution in [2.45, 2.75) is 17.9 Å². The van der Waals surface area contributed by atoms with Crippen molar-refractivity contribution in [2.75, 3.05) is 10.8 Å². The number of halogens is 1. The van der Waals surface area contributed by atoms with Gasteiger partial charge in [0.05, 0.1) is 27.7 Å². The number of carbonyl (C=O) groups excluding carboxylic acids is 1. The molecule has 0 fully saturated rings. The minimum atomic E-state index is -4.02. The Labute approximate surface area is 163 Å². The molecule has 1 unspecified atom stereocenters. The highest BCUT2D eigenvalue weighted by atomic mass is 35.5. The van der Waals surface area contributed by atoms with E-state index in [0.29, 0.717) is 5.69 Å². The number of nitriles is 1. The van der Waals surface area contributed by atoms with E-state index in [9.17, 15) is 13.2 Å². The van der Waals surface area contributed by atoms with Crippen LogP contribution in [0.5, 0.6) is 0 Å². The number of para-hydroxylation sites is 1. The van der Waals surface area contributed by atoms with E-state index in [4.69, 9.17) is 21.6 Å². The normalized spacial score (nSPS) is 11.9. The number of carbonyl (C=O) groups is 1. The van der Waals surface area contributed by atoms with Crippen molar-refractivity contribution in [3.63, 3.8) is 0 Å². The molecule has 0 aromatic heterocycles. The number of anilines is 1. The maximum atomic E-state index is 13.1. The van der Waals surface area contributed by atoms with Gasteiger partial charge in [-0.2, -0.15) is 5.26 Å². The van der Waals surface area contributed by atoms with Gasteiger partial charge in [-0.3, -0.25) is 4.31 Å². The molecule has 0 saturated carbocycles. The lowest BCUT2D eigenvalue weighted by molar-refractivity contribution is 0.0435. The Hall–Kier alpha value is -2.82. The Morgan fingerprint density at radius 3 is 2.67 bits per heavy atom. The molecule has 0 radical (unpaired) electrons. The molecule has 2 rings (SSSR count). The lowest BCUT2D eigenvalue weighted by Crippen LogP contribution is -2.31. The van der Waals surface area contributed by atoms with Crippen molar-refractivity contribution >= 4 is 33.3 Å². The van der Waals surface area contributed by atoms with Crippen molar-refractivity contribution in [1.29, 1.82) is 5.26 Å². The molecule has 27 heavy (non-hydrogen) atoms. The number of esters is 1. The van der Waals surface area contributed by atoms with Crippen LogP contribution < -0.4 is 4.31 Å². The zero-order valence-corrected chi connectivity index (χ0v) is 16.1. The third kappa shape index (κ3) is 4.67. The third-order valence-corrected chi connectivity index (χ3v) is 5.63. The second kappa shape index (κ2) is 8.71. The van der Waals surface area contributed by atoms with Crippen LogP contribution in [0.15, 0.2) is 66.1 Å². The average molecular weight is 405 g/mol. The molecular weight excluding hydrogens is 388 g/mol. The first-order chi connectivity index (χ1) is 12.8. The summed E-state index contributed by atoms with van der Waals surface area (Å²) in [7, 11) is -4.02. The van der Waals surface area contributed by atoms with Crippen LogP contribution in [0.2, 0.25) is 5.02 Å². The Morgan fingerprint density at radius 2 is 2.04 bits per heavy atom. The molecule has 0 N–H and O–H groups in total. The predicted octanol–water partition coefficient (Wildman–Crippen LogP) is 3.79. The van der Waals surface area contributed by atoms with Gasteiger partial charge in [-0.15, -0.1) is 6.58 Å². The van der Waals surface area contributed by atoms with Gasteiger partial charge in [-0.05, 0) is 37.3 Å². The molecule has 0 aliphatic carbocycles. The highest BCUT2D eigenvalue weighted by Gasteiger charge is 2.26. The Kier molecular flexibility index (Phi) is 6.61. The van der Waals surface area contributed by atoms with Crippen molar-refractivity contribution in [2.24, 2.45) is 0 Å². The topological polar surface area (TPSA) is 87.5 Å². The van der Waals surface area contributed by atoms with Crippen LogP contribution in [-0.4, -0.2) is 27.0 Å². The van der Waals surface area contributed by atoms with Crippen molar-refractivity contribution in [1.82, 2.24) is 0 Å². The van der Waals surface area contributed by atoms with Gasteiger partial charge in [-0.25, -0.2) is 13.2 Å². The zero-order chi connectivity index (χ0) is 20.0. The standard InChI is InChI=1S/C19H17ClN2O4S/c1-3-11-22(18-10-5-4-9-17(18)20)27(24,25)16-8-6-7-15(12-16)19(23)26-14(2)13-21/h3-10,12,14H,1,11H2,2H3. The fourth-order valence-electron chi connectivity index (χ4n) is 2.26. The summed E-state index contributed by atoms with van der Waals surface area (Å²) >= 11 is 6.16. The summed E-state index contributed by atoms with van der Waals surface area (Å²) in [5.74, 6) is -0.783. The number of hydrogen-bond acceptors (Lipinski definition) is 5. The largest absolute Gasteiger partial charge is 0.444 e. The molecule has 0 aliphatic rings. The van der Waals surface area contributed by atoms with Crippen LogP contribution >= 0.6 is 11.6 Å². The molecule has 2 aromatic rings. The van der Waals surface area contributed by atoms with E-state index in [1.807, 2.05) is 0 Å². The average Bonchev–Trinajstić information content (AvgIpc) is 2.66. The van der Waals surface area contributed by atoms with Gasteiger partial charge in [0.25, 0.3) is 10.0 Å². The number of rotatable bonds is 7. The van der Waals surface area contributed by atoms with Gasteiger partial charge in [0, 0.05) is 0 Å². The summed E-state index contributed by atoms with van der Waals surface area (Å²) in [6.45, 7) is 5.01. The molecule has 0 spiro atoms. The Morgan fingerprint density at radius 1 is 1.33 bits per heavy atom. The van der Waals surface area contributed by atoms with E-state index >= 15 is 0 Å². The van der Waals surface area contributed by atoms with E-state index in [2.05, 4.69) is 6.58 Å². The molecule has 0 saturated heterocycles. The molecule has 0 bridgehead atoms. The van der Waals surface area contributed by atoms with Gasteiger partial charge < -0.3 is 4.74 Å². The summed E-state index contributed by atoms with van der Waals surface area (Å²) in [6, 6.07) is 13.7. The van der Waals surface area contributed by atoms with Gasteiger partial charge >= 0.3 is 5.97 Å². The summed E-state index contributed by atoms with van der Waals surface area (Å²) in [5, 5.41) is 9.01. The smallest absolute Gasteiger partial charge is 0.339 e. The molecular formula is C19H17ClN2O4S. The predicted molar refractivity (Wildman–Crippen MR) is 103 cm³/mol. The Bertz CT molecular complexity index is 999. The van der Waals surface area contributed by atoms with Gasteiger partial charge in [0.1, 0.15) is 6.07 Å². The maximum absolute atomic E-state index is 13.1. The summed E-state index contributed by atoms with van der Waals surface area (Å²) in [5.41, 5.74) is 0.320. The fraction of sp³-hybridized carbons (Fsp3) is 0.158. The highest BCUT2D eigenvalue weighted by Crippen LogP contribution is 2.30. The molecule has 8 heteroatoms. The monoisotopic (exact) mass is 404 g/mol. The molecule has 140 valence electrons. The van der Waals surface area contributed by atoms with Gasteiger partial charge in [0.15, 0.2) is 6.10 Å². The molecule has 0 aliphatic heterocycles. The summed E-state index contributed by atoms with van der Waals surface area (Å²) in [4.78, 5) is 12.0. The second-order valence-electron chi connectivity index (χ2n) is 5.48. The molecule has 0 heterocycles. The maximum Gasteiger partial charge on any atom is 0.339 e. The summed E-state index contributed by atoms with van der Waals surface area (Å²) in [6.07, 6.45) is 0.492. The van der Waals surface area contributed by atoms with E-state index in [-0.39, 0.29) is 22.0 Å². The molecule has 1 atom stereocenters. The van der Waals surface area contributed by atoms with E-state index < -0.39 is 22.1 Å². The van der Waals surface area contributed by atoms with E-state index in [1.165, 1.54) is 37.3 Å². The molecule has 2 aromatic carbocycles.